The van der Waals surface area contributed by atoms with Crippen molar-refractivity contribution in [3.05, 3.63) is 54.4 Å². The van der Waals surface area contributed by atoms with Crippen molar-refractivity contribution >= 4 is 29.3 Å². The fourth-order valence-electron chi connectivity index (χ4n) is 2.17. The average Bonchev–Trinajstić information content (AvgIpc) is 2.55. The van der Waals surface area contributed by atoms with E-state index >= 15 is 0 Å². The molecule has 0 unspecified atom stereocenters. The number of amides is 2. The van der Waals surface area contributed by atoms with Gasteiger partial charge in [0.15, 0.2) is 0 Å². The highest BCUT2D eigenvalue weighted by molar-refractivity contribution is 8.01. The van der Waals surface area contributed by atoms with Gasteiger partial charge in [0.25, 0.3) is 0 Å². The molecule has 2 aromatic rings. The first-order valence-corrected chi connectivity index (χ1v) is 7.82. The van der Waals surface area contributed by atoms with Gasteiger partial charge in [-0.3, -0.25) is 14.6 Å². The van der Waals surface area contributed by atoms with Gasteiger partial charge in [0.2, 0.25) is 11.8 Å². The summed E-state index contributed by atoms with van der Waals surface area (Å²) >= 11 is 1.43. The smallest absolute Gasteiger partial charge is 0.238 e. The Morgan fingerprint density at radius 3 is 2.82 bits per heavy atom. The maximum atomic E-state index is 12.0. The van der Waals surface area contributed by atoms with Gasteiger partial charge in [-0.1, -0.05) is 12.1 Å². The summed E-state index contributed by atoms with van der Waals surface area (Å²) in [6.07, 6.45) is 3.53. The molecular formula is C16H15N3O2S. The standard InChI is InChI=1S/C16H15N3O2S/c20-15(18-10-11-5-7-17-8-6-11)9-14-16(21)19-12-3-1-2-4-13(12)22-14/h1-8,14H,9-10H2,(H,18,20)(H,19,21)/t14-/m0/s1. The molecule has 1 aliphatic rings. The van der Waals surface area contributed by atoms with Gasteiger partial charge in [0.05, 0.1) is 10.9 Å². The van der Waals surface area contributed by atoms with Crippen molar-refractivity contribution in [2.75, 3.05) is 5.32 Å². The number of nitrogens with zero attached hydrogens (tertiary/aromatic N) is 1. The van der Waals surface area contributed by atoms with Crippen molar-refractivity contribution in [2.45, 2.75) is 23.1 Å². The third-order valence-electron chi connectivity index (χ3n) is 3.32. The van der Waals surface area contributed by atoms with E-state index in [1.807, 2.05) is 36.4 Å². The molecular weight excluding hydrogens is 298 g/mol. The molecule has 2 amide bonds. The van der Waals surface area contributed by atoms with E-state index in [9.17, 15) is 9.59 Å². The minimum atomic E-state index is -0.396. The zero-order chi connectivity index (χ0) is 15.4. The molecule has 0 radical (unpaired) electrons. The van der Waals surface area contributed by atoms with E-state index in [0.29, 0.717) is 6.54 Å². The van der Waals surface area contributed by atoms with Crippen LogP contribution in [0.25, 0.3) is 0 Å². The topological polar surface area (TPSA) is 71.1 Å². The lowest BCUT2D eigenvalue weighted by atomic mass is 10.2. The van der Waals surface area contributed by atoms with Crippen LogP contribution in [0.2, 0.25) is 0 Å². The fraction of sp³-hybridized carbons (Fsp3) is 0.188. The molecule has 3 rings (SSSR count). The highest BCUT2D eigenvalue weighted by Crippen LogP contribution is 2.36. The lowest BCUT2D eigenvalue weighted by molar-refractivity contribution is -0.124. The van der Waals surface area contributed by atoms with Gasteiger partial charge in [-0.2, -0.15) is 0 Å². The Balaban J connectivity index is 1.57. The van der Waals surface area contributed by atoms with E-state index in [1.54, 1.807) is 12.4 Å². The Kier molecular flexibility index (Phi) is 4.39. The number of carbonyl (C=O) groups excluding carboxylic acids is 2. The second-order valence-electron chi connectivity index (χ2n) is 4.93. The fourth-order valence-corrected chi connectivity index (χ4v) is 3.28. The molecule has 0 spiro atoms. The third kappa shape index (κ3) is 3.46. The highest BCUT2D eigenvalue weighted by atomic mass is 32.2. The molecule has 0 bridgehead atoms. The average molecular weight is 313 g/mol. The van der Waals surface area contributed by atoms with Gasteiger partial charge in [-0.15, -0.1) is 11.8 Å². The second-order valence-corrected chi connectivity index (χ2v) is 6.17. The largest absolute Gasteiger partial charge is 0.352 e. The summed E-state index contributed by atoms with van der Waals surface area (Å²) in [6.45, 7) is 0.441. The predicted molar refractivity (Wildman–Crippen MR) is 85.4 cm³/mol. The molecule has 2 N–H and O–H groups in total. The van der Waals surface area contributed by atoms with E-state index in [0.717, 1.165) is 16.1 Å². The number of thioether (sulfide) groups is 1. The molecule has 0 saturated heterocycles. The maximum absolute atomic E-state index is 12.0. The Hall–Kier alpha value is -2.34. The molecule has 0 saturated carbocycles. The summed E-state index contributed by atoms with van der Waals surface area (Å²) in [7, 11) is 0. The zero-order valence-electron chi connectivity index (χ0n) is 11.8. The molecule has 22 heavy (non-hydrogen) atoms. The SMILES string of the molecule is O=C(C[C@@H]1Sc2ccccc2NC1=O)NCc1ccncc1. The summed E-state index contributed by atoms with van der Waals surface area (Å²) in [5, 5.41) is 5.28. The second kappa shape index (κ2) is 6.62. The Morgan fingerprint density at radius 1 is 1.23 bits per heavy atom. The predicted octanol–water partition coefficient (Wildman–Crippen LogP) is 2.20. The number of pyridine rings is 1. The van der Waals surface area contributed by atoms with Crippen LogP contribution in [0.5, 0.6) is 0 Å². The van der Waals surface area contributed by atoms with Crippen LogP contribution >= 0.6 is 11.8 Å². The van der Waals surface area contributed by atoms with Gasteiger partial charge in [-0.25, -0.2) is 0 Å². The van der Waals surface area contributed by atoms with Crippen molar-refractivity contribution in [3.63, 3.8) is 0 Å². The molecule has 1 aromatic heterocycles. The number of para-hydroxylation sites is 1. The Morgan fingerprint density at radius 2 is 2.00 bits per heavy atom. The lowest BCUT2D eigenvalue weighted by Crippen LogP contribution is -2.34. The van der Waals surface area contributed by atoms with Gasteiger partial charge in [-0.05, 0) is 29.8 Å². The van der Waals surface area contributed by atoms with E-state index in [2.05, 4.69) is 15.6 Å². The van der Waals surface area contributed by atoms with Crippen LogP contribution in [-0.4, -0.2) is 22.0 Å². The monoisotopic (exact) mass is 313 g/mol. The number of aromatic nitrogens is 1. The third-order valence-corrected chi connectivity index (χ3v) is 4.59. The van der Waals surface area contributed by atoms with Gasteiger partial charge in [0.1, 0.15) is 0 Å². The molecule has 1 aliphatic heterocycles. The maximum Gasteiger partial charge on any atom is 0.238 e. The van der Waals surface area contributed by atoms with Crippen LogP contribution < -0.4 is 10.6 Å². The lowest BCUT2D eigenvalue weighted by Gasteiger charge is -2.23. The minimum absolute atomic E-state index is 0.122. The van der Waals surface area contributed by atoms with Crippen molar-refractivity contribution in [3.8, 4) is 0 Å². The first kappa shape index (κ1) is 14.6. The number of fused-ring (bicyclic) bond motifs is 1. The minimum Gasteiger partial charge on any atom is -0.352 e. The van der Waals surface area contributed by atoms with Crippen LogP contribution in [0.4, 0.5) is 5.69 Å². The van der Waals surface area contributed by atoms with Gasteiger partial charge < -0.3 is 10.6 Å². The number of hydrogen-bond acceptors (Lipinski definition) is 4. The van der Waals surface area contributed by atoms with Crippen LogP contribution in [0.1, 0.15) is 12.0 Å². The van der Waals surface area contributed by atoms with Crippen LogP contribution in [0, 0.1) is 0 Å². The number of anilines is 1. The van der Waals surface area contributed by atoms with Crippen molar-refractivity contribution in [2.24, 2.45) is 0 Å². The first-order chi connectivity index (χ1) is 10.7. The number of hydrogen-bond donors (Lipinski definition) is 2. The summed E-state index contributed by atoms with van der Waals surface area (Å²) in [6, 6.07) is 11.3. The Labute approximate surface area is 132 Å². The van der Waals surface area contributed by atoms with E-state index in [1.165, 1.54) is 11.8 Å². The summed E-state index contributed by atoms with van der Waals surface area (Å²) < 4.78 is 0. The van der Waals surface area contributed by atoms with Crippen LogP contribution in [0.15, 0.2) is 53.7 Å². The molecule has 112 valence electrons. The van der Waals surface area contributed by atoms with E-state index in [4.69, 9.17) is 0 Å². The molecule has 5 nitrogen and oxygen atoms in total. The quantitative estimate of drug-likeness (QED) is 0.908. The zero-order valence-corrected chi connectivity index (χ0v) is 12.6. The first-order valence-electron chi connectivity index (χ1n) is 6.94. The molecule has 0 fully saturated rings. The van der Waals surface area contributed by atoms with Crippen LogP contribution in [-0.2, 0) is 16.1 Å². The van der Waals surface area contributed by atoms with Crippen molar-refractivity contribution < 1.29 is 9.59 Å². The number of rotatable bonds is 4. The molecule has 2 heterocycles. The van der Waals surface area contributed by atoms with E-state index < -0.39 is 5.25 Å². The number of carbonyl (C=O) groups is 2. The van der Waals surface area contributed by atoms with Crippen molar-refractivity contribution in [1.82, 2.24) is 10.3 Å². The summed E-state index contributed by atoms with van der Waals surface area (Å²) in [5.74, 6) is -0.258. The Bertz CT molecular complexity index is 691. The van der Waals surface area contributed by atoms with Gasteiger partial charge in [0, 0.05) is 30.3 Å². The summed E-state index contributed by atoms with van der Waals surface area (Å²) in [5.41, 5.74) is 1.79. The van der Waals surface area contributed by atoms with Crippen LogP contribution in [0.3, 0.4) is 0 Å². The number of benzene rings is 1. The highest BCUT2D eigenvalue weighted by Gasteiger charge is 2.28. The van der Waals surface area contributed by atoms with Gasteiger partial charge >= 0.3 is 0 Å². The summed E-state index contributed by atoms with van der Waals surface area (Å²) in [4.78, 5) is 29.0. The molecule has 1 aromatic carbocycles. The molecule has 0 aliphatic carbocycles. The molecule has 1 atom stereocenters. The van der Waals surface area contributed by atoms with Crippen molar-refractivity contribution in [1.29, 1.82) is 0 Å². The number of nitrogens with one attached hydrogen (secondary N) is 2. The molecule has 6 heteroatoms. The van der Waals surface area contributed by atoms with E-state index in [-0.39, 0.29) is 18.2 Å². The normalized spacial score (nSPS) is 16.5.